The molecule has 0 aliphatic carbocycles. The van der Waals surface area contributed by atoms with Crippen molar-refractivity contribution in [3.8, 4) is 0 Å². The van der Waals surface area contributed by atoms with Gasteiger partial charge in [-0.1, -0.05) is 0 Å². The lowest BCUT2D eigenvalue weighted by Crippen LogP contribution is -2.62. The highest BCUT2D eigenvalue weighted by Crippen LogP contribution is 2.39. The number of rotatable bonds is 2. The third kappa shape index (κ3) is 2.93. The zero-order chi connectivity index (χ0) is 11.8. The third-order valence-electron chi connectivity index (χ3n) is 3.94. The monoisotopic (exact) mass is 242 g/mol. The van der Waals surface area contributed by atoms with E-state index in [2.05, 4.69) is 49.7 Å². The molecule has 94 valence electrons. The van der Waals surface area contributed by atoms with Gasteiger partial charge in [0.2, 0.25) is 0 Å². The molecule has 0 bridgehead atoms. The predicted molar refractivity (Wildman–Crippen MR) is 73.2 cm³/mol. The van der Waals surface area contributed by atoms with Gasteiger partial charge in [-0.15, -0.1) is 0 Å². The van der Waals surface area contributed by atoms with Gasteiger partial charge in [0.25, 0.3) is 0 Å². The molecule has 3 heteroatoms. The zero-order valence-corrected chi connectivity index (χ0v) is 12.0. The normalized spacial score (nSPS) is 40.1. The van der Waals surface area contributed by atoms with E-state index in [0.717, 1.165) is 6.54 Å². The molecule has 2 atom stereocenters. The number of nitrogens with zero attached hydrogens (tertiary/aromatic N) is 1. The zero-order valence-electron chi connectivity index (χ0n) is 11.2. The SMILES string of the molecule is CC1CNC(C)(C)CN1CC1(C)CCCS1. The minimum Gasteiger partial charge on any atom is -0.309 e. The average Bonchev–Trinajstić information content (AvgIpc) is 2.58. The van der Waals surface area contributed by atoms with Crippen LogP contribution in [0.25, 0.3) is 0 Å². The lowest BCUT2D eigenvalue weighted by atomic mass is 9.96. The van der Waals surface area contributed by atoms with Gasteiger partial charge in [0, 0.05) is 36.0 Å². The van der Waals surface area contributed by atoms with Crippen LogP contribution in [-0.2, 0) is 0 Å². The van der Waals surface area contributed by atoms with E-state index in [1.165, 1.54) is 31.7 Å². The Labute approximate surface area is 105 Å². The van der Waals surface area contributed by atoms with Crippen LogP contribution in [0.3, 0.4) is 0 Å². The Morgan fingerprint density at radius 1 is 1.38 bits per heavy atom. The average molecular weight is 242 g/mol. The Kier molecular flexibility index (Phi) is 3.58. The number of hydrogen-bond donors (Lipinski definition) is 1. The number of thioether (sulfide) groups is 1. The second kappa shape index (κ2) is 4.51. The quantitative estimate of drug-likeness (QED) is 0.800. The molecular weight excluding hydrogens is 216 g/mol. The number of hydrogen-bond acceptors (Lipinski definition) is 3. The molecule has 2 rings (SSSR count). The maximum Gasteiger partial charge on any atom is 0.0259 e. The van der Waals surface area contributed by atoms with Crippen molar-refractivity contribution in [3.63, 3.8) is 0 Å². The first kappa shape index (κ1) is 12.7. The molecule has 1 N–H and O–H groups in total. The Morgan fingerprint density at radius 3 is 2.75 bits per heavy atom. The molecule has 0 aromatic heterocycles. The summed E-state index contributed by atoms with van der Waals surface area (Å²) >= 11 is 2.18. The van der Waals surface area contributed by atoms with Crippen LogP contribution in [-0.4, -0.2) is 46.6 Å². The van der Waals surface area contributed by atoms with Crippen molar-refractivity contribution in [2.24, 2.45) is 0 Å². The van der Waals surface area contributed by atoms with Crippen LogP contribution in [0.2, 0.25) is 0 Å². The molecule has 2 nitrogen and oxygen atoms in total. The molecule has 0 spiro atoms. The van der Waals surface area contributed by atoms with E-state index in [1.54, 1.807) is 0 Å². The van der Waals surface area contributed by atoms with Crippen LogP contribution < -0.4 is 5.32 Å². The first-order chi connectivity index (χ1) is 7.40. The molecule has 2 aliphatic heterocycles. The van der Waals surface area contributed by atoms with Crippen LogP contribution in [0.15, 0.2) is 0 Å². The maximum atomic E-state index is 3.63. The minimum absolute atomic E-state index is 0.284. The molecule has 2 saturated heterocycles. The van der Waals surface area contributed by atoms with E-state index in [4.69, 9.17) is 0 Å². The van der Waals surface area contributed by atoms with E-state index in [1.807, 2.05) is 0 Å². The summed E-state index contributed by atoms with van der Waals surface area (Å²) in [6.45, 7) is 13.0. The van der Waals surface area contributed by atoms with Crippen molar-refractivity contribution < 1.29 is 0 Å². The number of piperazine rings is 1. The summed E-state index contributed by atoms with van der Waals surface area (Å²) in [4.78, 5) is 2.69. The van der Waals surface area contributed by atoms with Crippen molar-refractivity contribution in [1.82, 2.24) is 10.2 Å². The lowest BCUT2D eigenvalue weighted by molar-refractivity contribution is 0.0955. The Bertz CT molecular complexity index is 246. The van der Waals surface area contributed by atoms with Crippen LogP contribution >= 0.6 is 11.8 Å². The summed E-state index contributed by atoms with van der Waals surface area (Å²) in [5.41, 5.74) is 0.284. The van der Waals surface area contributed by atoms with Crippen molar-refractivity contribution in [2.75, 3.05) is 25.4 Å². The molecule has 2 fully saturated rings. The summed E-state index contributed by atoms with van der Waals surface area (Å²) in [7, 11) is 0. The fourth-order valence-corrected chi connectivity index (χ4v) is 4.20. The largest absolute Gasteiger partial charge is 0.309 e. The van der Waals surface area contributed by atoms with Crippen molar-refractivity contribution >= 4 is 11.8 Å². The van der Waals surface area contributed by atoms with E-state index >= 15 is 0 Å². The highest BCUT2D eigenvalue weighted by molar-refractivity contribution is 8.00. The summed E-state index contributed by atoms with van der Waals surface area (Å²) in [6.07, 6.45) is 2.81. The van der Waals surface area contributed by atoms with Gasteiger partial charge in [-0.3, -0.25) is 4.90 Å². The second-order valence-electron chi connectivity index (χ2n) is 6.42. The van der Waals surface area contributed by atoms with Crippen molar-refractivity contribution in [3.05, 3.63) is 0 Å². The maximum absolute atomic E-state index is 3.63. The smallest absolute Gasteiger partial charge is 0.0259 e. The van der Waals surface area contributed by atoms with Gasteiger partial charge in [0.15, 0.2) is 0 Å². The first-order valence-corrected chi connectivity index (χ1v) is 7.52. The van der Waals surface area contributed by atoms with Gasteiger partial charge >= 0.3 is 0 Å². The molecule has 2 heterocycles. The topological polar surface area (TPSA) is 15.3 Å². The molecule has 2 unspecified atom stereocenters. The molecule has 0 radical (unpaired) electrons. The Balaban J connectivity index is 1.96. The molecular formula is C13H26N2S. The lowest BCUT2D eigenvalue weighted by Gasteiger charge is -2.46. The number of nitrogens with one attached hydrogen (secondary N) is 1. The molecule has 0 saturated carbocycles. The predicted octanol–water partition coefficient (Wildman–Crippen LogP) is 2.34. The van der Waals surface area contributed by atoms with E-state index in [0.29, 0.717) is 10.8 Å². The molecule has 16 heavy (non-hydrogen) atoms. The van der Waals surface area contributed by atoms with Gasteiger partial charge in [-0.05, 0) is 46.3 Å². The second-order valence-corrected chi connectivity index (χ2v) is 8.10. The van der Waals surface area contributed by atoms with Gasteiger partial charge in [0.05, 0.1) is 0 Å². The van der Waals surface area contributed by atoms with Crippen molar-refractivity contribution in [2.45, 2.75) is 56.9 Å². The van der Waals surface area contributed by atoms with E-state index in [-0.39, 0.29) is 5.54 Å². The summed E-state index contributed by atoms with van der Waals surface area (Å²) in [5, 5.41) is 3.63. The Morgan fingerprint density at radius 2 is 2.12 bits per heavy atom. The van der Waals surface area contributed by atoms with E-state index in [9.17, 15) is 0 Å². The first-order valence-electron chi connectivity index (χ1n) is 6.53. The van der Waals surface area contributed by atoms with E-state index < -0.39 is 0 Å². The van der Waals surface area contributed by atoms with Crippen LogP contribution in [0, 0.1) is 0 Å². The molecule has 0 amide bonds. The fourth-order valence-electron chi connectivity index (χ4n) is 2.88. The Hall–Kier alpha value is 0.270. The van der Waals surface area contributed by atoms with Crippen LogP contribution in [0.5, 0.6) is 0 Å². The molecule has 0 aromatic rings. The molecule has 2 aliphatic rings. The third-order valence-corrected chi connectivity index (χ3v) is 5.46. The van der Waals surface area contributed by atoms with Crippen molar-refractivity contribution in [1.29, 1.82) is 0 Å². The summed E-state index contributed by atoms with van der Waals surface area (Å²) < 4.78 is 0.516. The highest BCUT2D eigenvalue weighted by Gasteiger charge is 2.37. The minimum atomic E-state index is 0.284. The standard InChI is InChI=1S/C13H26N2S/c1-11-8-14-12(2,3)9-15(11)10-13(4)6-5-7-16-13/h11,14H,5-10H2,1-4H3. The van der Waals surface area contributed by atoms with Gasteiger partial charge < -0.3 is 5.32 Å². The summed E-state index contributed by atoms with van der Waals surface area (Å²) in [6, 6.07) is 0.686. The molecule has 0 aromatic carbocycles. The summed E-state index contributed by atoms with van der Waals surface area (Å²) in [5.74, 6) is 1.36. The van der Waals surface area contributed by atoms with Crippen LogP contribution in [0.1, 0.15) is 40.5 Å². The van der Waals surface area contributed by atoms with Gasteiger partial charge in [-0.2, -0.15) is 11.8 Å². The van der Waals surface area contributed by atoms with Crippen LogP contribution in [0.4, 0.5) is 0 Å². The van der Waals surface area contributed by atoms with Gasteiger partial charge in [0.1, 0.15) is 0 Å². The fraction of sp³-hybridized carbons (Fsp3) is 1.00. The van der Waals surface area contributed by atoms with Gasteiger partial charge in [-0.25, -0.2) is 0 Å². The highest BCUT2D eigenvalue weighted by atomic mass is 32.2.